The molecule has 2 rings (SSSR count). The Labute approximate surface area is 159 Å². The van der Waals surface area contributed by atoms with Crippen molar-refractivity contribution in [2.75, 3.05) is 6.61 Å². The molecule has 0 saturated carbocycles. The first-order valence-electron chi connectivity index (χ1n) is 8.72. The molecule has 0 aliphatic heterocycles. The SMILES string of the molecule is CCCCCOc1ccc(C)cc1S(=O)(=O)C(=[N+]=[N-])C(=O)c1ccccc1. The first-order valence-corrected chi connectivity index (χ1v) is 10.2. The monoisotopic (exact) mass is 386 g/mol. The number of carbonyl (C=O) groups is 1. The van der Waals surface area contributed by atoms with Crippen molar-refractivity contribution in [3.05, 3.63) is 65.2 Å². The molecule has 0 amide bonds. The predicted octanol–water partition coefficient (Wildman–Crippen LogP) is 3.85. The summed E-state index contributed by atoms with van der Waals surface area (Å²) in [5.74, 6) is -0.741. The van der Waals surface area contributed by atoms with E-state index in [-0.39, 0.29) is 16.2 Å². The van der Waals surface area contributed by atoms with Crippen LogP contribution < -0.4 is 4.74 Å². The molecule has 2 aromatic carbocycles. The van der Waals surface area contributed by atoms with Gasteiger partial charge in [-0.3, -0.25) is 4.79 Å². The van der Waals surface area contributed by atoms with Crippen molar-refractivity contribution in [3.63, 3.8) is 0 Å². The molecule has 0 saturated heterocycles. The van der Waals surface area contributed by atoms with Gasteiger partial charge >= 0.3 is 5.04 Å². The van der Waals surface area contributed by atoms with Crippen molar-refractivity contribution in [2.24, 2.45) is 0 Å². The van der Waals surface area contributed by atoms with Crippen molar-refractivity contribution in [3.8, 4) is 5.75 Å². The Kier molecular flexibility index (Phi) is 7.05. The third-order valence-electron chi connectivity index (χ3n) is 3.97. The minimum absolute atomic E-state index is 0.118. The Hall–Kier alpha value is -2.76. The first-order chi connectivity index (χ1) is 12.9. The summed E-state index contributed by atoms with van der Waals surface area (Å²) in [6.07, 6.45) is 2.76. The number of sulfone groups is 1. The van der Waals surface area contributed by atoms with Gasteiger partial charge < -0.3 is 10.3 Å². The Balaban J connectivity index is 2.43. The van der Waals surface area contributed by atoms with E-state index in [1.165, 1.54) is 18.2 Å². The van der Waals surface area contributed by atoms with E-state index in [0.717, 1.165) is 19.3 Å². The minimum atomic E-state index is -4.37. The maximum Gasteiger partial charge on any atom is 0.457 e. The molecule has 0 aliphatic carbocycles. The highest BCUT2D eigenvalue weighted by Gasteiger charge is 2.40. The molecule has 0 heterocycles. The lowest BCUT2D eigenvalue weighted by atomic mass is 10.1. The normalized spacial score (nSPS) is 10.9. The average Bonchev–Trinajstić information content (AvgIpc) is 2.67. The van der Waals surface area contributed by atoms with Gasteiger partial charge in [-0.05, 0) is 31.0 Å². The second kappa shape index (κ2) is 9.26. The summed E-state index contributed by atoms with van der Waals surface area (Å²) < 4.78 is 31.7. The lowest BCUT2D eigenvalue weighted by molar-refractivity contribution is -0.00159. The van der Waals surface area contributed by atoms with Crippen LogP contribution in [0.5, 0.6) is 5.75 Å². The third-order valence-corrected chi connectivity index (χ3v) is 5.64. The predicted molar refractivity (Wildman–Crippen MR) is 103 cm³/mol. The molecule has 6 nitrogen and oxygen atoms in total. The average molecular weight is 386 g/mol. The number of Topliss-reactive ketones (excluding diaryl/α,β-unsaturated/α-hetero) is 1. The van der Waals surface area contributed by atoms with Crippen LogP contribution >= 0.6 is 0 Å². The Bertz CT molecular complexity index is 963. The molecule has 0 spiro atoms. The number of aryl methyl sites for hydroxylation is 1. The van der Waals surface area contributed by atoms with Gasteiger partial charge in [-0.25, -0.2) is 8.42 Å². The number of carbonyl (C=O) groups excluding carboxylic acids is 1. The lowest BCUT2D eigenvalue weighted by Gasteiger charge is -2.11. The van der Waals surface area contributed by atoms with Crippen molar-refractivity contribution in [1.29, 1.82) is 0 Å². The molecule has 0 radical (unpaired) electrons. The van der Waals surface area contributed by atoms with Gasteiger partial charge in [0.15, 0.2) is 0 Å². The zero-order valence-corrected chi connectivity index (χ0v) is 16.2. The summed E-state index contributed by atoms with van der Waals surface area (Å²) in [6, 6.07) is 12.5. The lowest BCUT2D eigenvalue weighted by Crippen LogP contribution is -2.26. The van der Waals surface area contributed by atoms with Crippen LogP contribution in [0.2, 0.25) is 0 Å². The number of hydrogen-bond donors (Lipinski definition) is 0. The van der Waals surface area contributed by atoms with E-state index in [1.807, 2.05) is 0 Å². The fraction of sp³-hybridized carbons (Fsp3) is 0.300. The molecular formula is C20H22N2O4S. The minimum Gasteiger partial charge on any atom is -0.492 e. The van der Waals surface area contributed by atoms with Crippen LogP contribution in [-0.4, -0.2) is 30.6 Å². The number of benzene rings is 2. The number of ether oxygens (including phenoxy) is 1. The zero-order chi connectivity index (χ0) is 19.9. The van der Waals surface area contributed by atoms with E-state index in [1.54, 1.807) is 37.3 Å². The van der Waals surface area contributed by atoms with E-state index < -0.39 is 20.7 Å². The second-order valence-corrected chi connectivity index (χ2v) is 7.94. The topological polar surface area (TPSA) is 96.8 Å². The molecule has 0 aliphatic rings. The Morgan fingerprint density at radius 1 is 1.11 bits per heavy atom. The first kappa shape index (κ1) is 20.6. The van der Waals surface area contributed by atoms with Crippen LogP contribution in [-0.2, 0) is 9.84 Å². The summed E-state index contributed by atoms with van der Waals surface area (Å²) in [5.41, 5.74) is 10.1. The zero-order valence-electron chi connectivity index (χ0n) is 15.4. The van der Waals surface area contributed by atoms with Crippen LogP contribution in [0.4, 0.5) is 0 Å². The number of ketones is 1. The van der Waals surface area contributed by atoms with Crippen LogP contribution in [0.25, 0.3) is 5.53 Å². The van der Waals surface area contributed by atoms with Crippen molar-refractivity contribution in [2.45, 2.75) is 38.0 Å². The third kappa shape index (κ3) is 4.90. The quantitative estimate of drug-likeness (QED) is 0.172. The number of nitrogens with zero attached hydrogens (tertiary/aromatic N) is 2. The highest BCUT2D eigenvalue weighted by molar-refractivity contribution is 8.08. The second-order valence-electron chi connectivity index (χ2n) is 6.11. The van der Waals surface area contributed by atoms with Crippen LogP contribution in [0, 0.1) is 6.92 Å². The summed E-state index contributed by atoms with van der Waals surface area (Å²) >= 11 is 0. The molecule has 0 N–H and O–H groups in total. The van der Waals surface area contributed by atoms with Gasteiger partial charge in [0.2, 0.25) is 0 Å². The van der Waals surface area contributed by atoms with E-state index in [0.29, 0.717) is 12.2 Å². The molecule has 27 heavy (non-hydrogen) atoms. The molecule has 0 aromatic heterocycles. The standard InChI is InChI=1S/C20H22N2O4S/c1-3-4-8-13-26-17-12-11-15(2)14-18(17)27(24,25)20(22-21)19(23)16-9-6-5-7-10-16/h5-7,9-12,14H,3-4,8,13H2,1-2H3. The van der Waals surface area contributed by atoms with Gasteiger partial charge in [0.25, 0.3) is 15.6 Å². The molecule has 0 unspecified atom stereocenters. The number of unbranched alkanes of at least 4 members (excludes halogenated alkanes) is 2. The fourth-order valence-corrected chi connectivity index (χ4v) is 3.93. The van der Waals surface area contributed by atoms with Gasteiger partial charge in [0, 0.05) is 5.56 Å². The van der Waals surface area contributed by atoms with Gasteiger partial charge in [-0.15, -0.1) is 4.79 Å². The highest BCUT2D eigenvalue weighted by atomic mass is 32.2. The highest BCUT2D eigenvalue weighted by Crippen LogP contribution is 2.27. The Morgan fingerprint density at radius 2 is 1.81 bits per heavy atom. The van der Waals surface area contributed by atoms with Crippen LogP contribution in [0.15, 0.2) is 53.4 Å². The molecule has 142 valence electrons. The van der Waals surface area contributed by atoms with Crippen molar-refractivity contribution < 1.29 is 22.7 Å². The summed E-state index contributed by atoms with van der Waals surface area (Å²) in [7, 11) is -4.37. The van der Waals surface area contributed by atoms with Crippen LogP contribution in [0.3, 0.4) is 0 Å². The van der Waals surface area contributed by atoms with Gasteiger partial charge in [-0.2, -0.15) is 0 Å². The van der Waals surface area contributed by atoms with Gasteiger partial charge in [0.05, 0.1) is 6.61 Å². The molecule has 7 heteroatoms. The van der Waals surface area contributed by atoms with Gasteiger partial charge in [-0.1, -0.05) is 56.2 Å². The molecule has 2 aromatic rings. The van der Waals surface area contributed by atoms with Gasteiger partial charge in [0.1, 0.15) is 10.6 Å². The van der Waals surface area contributed by atoms with Crippen molar-refractivity contribution >= 4 is 20.7 Å². The fourth-order valence-electron chi connectivity index (χ4n) is 2.52. The molecular weight excluding hydrogens is 364 g/mol. The smallest absolute Gasteiger partial charge is 0.457 e. The number of hydrogen-bond acceptors (Lipinski definition) is 4. The maximum atomic E-state index is 13.0. The van der Waals surface area contributed by atoms with Crippen molar-refractivity contribution in [1.82, 2.24) is 0 Å². The summed E-state index contributed by atoms with van der Waals surface area (Å²) in [5, 5.41) is -0.933. The van der Waals surface area contributed by atoms with E-state index in [2.05, 4.69) is 11.7 Å². The summed E-state index contributed by atoms with van der Waals surface area (Å²) in [6.45, 7) is 4.15. The Morgan fingerprint density at radius 3 is 2.44 bits per heavy atom. The summed E-state index contributed by atoms with van der Waals surface area (Å²) in [4.78, 5) is 15.2. The molecule has 0 bridgehead atoms. The maximum absolute atomic E-state index is 13.0. The molecule has 0 atom stereocenters. The van der Waals surface area contributed by atoms with E-state index >= 15 is 0 Å². The van der Waals surface area contributed by atoms with E-state index in [9.17, 15) is 18.7 Å². The number of rotatable bonds is 8. The van der Waals surface area contributed by atoms with Crippen LogP contribution in [0.1, 0.15) is 42.1 Å². The largest absolute Gasteiger partial charge is 0.492 e. The molecule has 0 fully saturated rings. The van der Waals surface area contributed by atoms with E-state index in [4.69, 9.17) is 4.74 Å².